The zero-order chi connectivity index (χ0) is 25.6. The van der Waals surface area contributed by atoms with Crippen molar-refractivity contribution in [1.82, 2.24) is 0 Å². The average molecular weight is 480 g/mol. The Morgan fingerprint density at radius 3 is 1.35 bits per heavy atom. The van der Waals surface area contributed by atoms with Gasteiger partial charge in [0, 0.05) is 11.4 Å². The molecule has 2 aromatic rings. The van der Waals surface area contributed by atoms with Crippen LogP contribution in [0.25, 0.3) is 0 Å². The van der Waals surface area contributed by atoms with E-state index in [2.05, 4.69) is 10.6 Å². The summed E-state index contributed by atoms with van der Waals surface area (Å²) in [5, 5.41) is 49.8. The monoisotopic (exact) mass is 480 g/mol. The Bertz CT molecular complexity index is 1080. The van der Waals surface area contributed by atoms with E-state index in [1.165, 1.54) is 40.3 Å². The fourth-order valence-corrected chi connectivity index (χ4v) is 3.64. The first-order chi connectivity index (χ1) is 15.6. The number of phenols is 2. The van der Waals surface area contributed by atoms with E-state index in [0.29, 0.717) is 0 Å². The third-order valence-electron chi connectivity index (χ3n) is 5.38. The maximum Gasteiger partial charge on any atom is 0.205 e. The predicted molar refractivity (Wildman–Crippen MR) is 121 cm³/mol. The van der Waals surface area contributed by atoms with Crippen LogP contribution in [0.2, 0.25) is 0 Å². The van der Waals surface area contributed by atoms with E-state index < -0.39 is 55.1 Å². The summed E-state index contributed by atoms with van der Waals surface area (Å²) in [5.74, 6) is -8.52. The molecule has 0 atom stereocenters. The summed E-state index contributed by atoms with van der Waals surface area (Å²) in [6, 6.07) is 2.91. The molecule has 0 aliphatic heterocycles. The summed E-state index contributed by atoms with van der Waals surface area (Å²) in [4.78, 5) is 26.7. The standard InChI is InChI=1S/C22H26F2N4O6/c1-27(2,33)9-7-25-11-5-6-12(26-8-10-28(3,4)34)14-13(11)19(29)15-16(20(14)30)22(32)18(24)17(23)21(15)31/h5-6,25-26,31-32H,7-10H2,1-4H3. The molecule has 0 amide bonds. The molecule has 0 unspecified atom stereocenters. The molecule has 12 heteroatoms. The first-order valence-corrected chi connectivity index (χ1v) is 10.4. The normalized spacial score (nSPS) is 13.5. The third-order valence-corrected chi connectivity index (χ3v) is 5.38. The van der Waals surface area contributed by atoms with Crippen molar-refractivity contribution in [2.75, 3.05) is 65.0 Å². The number of carbonyl (C=O) groups excluding carboxylic acids is 2. The van der Waals surface area contributed by atoms with Crippen LogP contribution in [0.3, 0.4) is 0 Å². The smallest absolute Gasteiger partial charge is 0.205 e. The Kier molecular flexibility index (Phi) is 6.55. The number of fused-ring (bicyclic) bond motifs is 2. The number of quaternary nitrogens is 2. The van der Waals surface area contributed by atoms with Gasteiger partial charge >= 0.3 is 0 Å². The van der Waals surface area contributed by atoms with Crippen LogP contribution in [0.4, 0.5) is 20.2 Å². The van der Waals surface area contributed by atoms with Crippen LogP contribution in [0.1, 0.15) is 31.8 Å². The van der Waals surface area contributed by atoms with Crippen LogP contribution in [0.15, 0.2) is 12.1 Å². The highest BCUT2D eigenvalue weighted by atomic mass is 19.2. The van der Waals surface area contributed by atoms with Crippen molar-refractivity contribution in [1.29, 1.82) is 0 Å². The largest absolute Gasteiger partial charge is 0.633 e. The Morgan fingerprint density at radius 1 is 0.735 bits per heavy atom. The fraction of sp³-hybridized carbons (Fsp3) is 0.364. The Morgan fingerprint density at radius 2 is 1.06 bits per heavy atom. The lowest BCUT2D eigenvalue weighted by atomic mass is 9.81. The molecule has 1 aliphatic carbocycles. The van der Waals surface area contributed by atoms with Crippen LogP contribution in [0, 0.1) is 22.0 Å². The SMILES string of the molecule is C[N+](C)([O-])CCNc1ccc(NCC[N+](C)(C)[O-])c2c1C(=O)c1c(O)c(F)c(F)c(O)c1C2=O. The van der Waals surface area contributed by atoms with E-state index in [0.717, 1.165) is 0 Å². The van der Waals surface area contributed by atoms with Crippen LogP contribution >= 0.6 is 0 Å². The highest BCUT2D eigenvalue weighted by Gasteiger charge is 2.41. The molecule has 0 heterocycles. The van der Waals surface area contributed by atoms with Gasteiger partial charge in [-0.05, 0) is 12.1 Å². The van der Waals surface area contributed by atoms with Crippen molar-refractivity contribution in [3.63, 3.8) is 0 Å². The molecule has 0 saturated carbocycles. The molecule has 2 aromatic carbocycles. The lowest BCUT2D eigenvalue weighted by Gasteiger charge is -2.34. The van der Waals surface area contributed by atoms with Gasteiger partial charge in [-0.3, -0.25) is 9.59 Å². The van der Waals surface area contributed by atoms with Gasteiger partial charge in [0.1, 0.15) is 0 Å². The van der Waals surface area contributed by atoms with Crippen LogP contribution in [-0.2, 0) is 0 Å². The molecule has 184 valence electrons. The molecule has 0 aromatic heterocycles. The van der Waals surface area contributed by atoms with E-state index in [-0.39, 0.29) is 48.7 Å². The number of hydrogen-bond donors (Lipinski definition) is 4. The fourth-order valence-electron chi connectivity index (χ4n) is 3.64. The Hall–Kier alpha value is -3.32. The number of hydroxylamine groups is 6. The van der Waals surface area contributed by atoms with E-state index in [1.807, 2.05) is 0 Å². The highest BCUT2D eigenvalue weighted by Crippen LogP contribution is 2.44. The molecule has 0 saturated heterocycles. The molecular formula is C22H26F2N4O6. The summed E-state index contributed by atoms with van der Waals surface area (Å²) >= 11 is 0. The second-order valence-electron chi connectivity index (χ2n) is 9.09. The van der Waals surface area contributed by atoms with Gasteiger partial charge in [-0.1, -0.05) is 0 Å². The summed E-state index contributed by atoms with van der Waals surface area (Å²) in [6.45, 7) is 0.438. The summed E-state index contributed by atoms with van der Waals surface area (Å²) in [5.41, 5.74) is -1.94. The maximum atomic E-state index is 14.1. The van der Waals surface area contributed by atoms with E-state index >= 15 is 0 Å². The minimum Gasteiger partial charge on any atom is -0.633 e. The van der Waals surface area contributed by atoms with Gasteiger partial charge in [0.25, 0.3) is 0 Å². The number of halogens is 2. The van der Waals surface area contributed by atoms with Gasteiger partial charge in [-0.15, -0.1) is 0 Å². The number of ketones is 2. The molecule has 0 radical (unpaired) electrons. The number of carbonyl (C=O) groups is 2. The molecule has 1 aliphatic rings. The molecule has 0 bridgehead atoms. The predicted octanol–water partition coefficient (Wildman–Crippen LogP) is 2.12. The van der Waals surface area contributed by atoms with Gasteiger partial charge < -0.3 is 40.6 Å². The number of aromatic hydroxyl groups is 2. The van der Waals surface area contributed by atoms with Crippen molar-refractivity contribution in [3.05, 3.63) is 56.4 Å². The topological polar surface area (TPSA) is 145 Å². The van der Waals surface area contributed by atoms with E-state index in [4.69, 9.17) is 0 Å². The van der Waals surface area contributed by atoms with Gasteiger partial charge in [0.05, 0.1) is 76.6 Å². The third kappa shape index (κ3) is 4.80. The van der Waals surface area contributed by atoms with Gasteiger partial charge in [-0.25, -0.2) is 0 Å². The number of phenolic OH excluding ortho intramolecular Hbond substituents is 2. The van der Waals surface area contributed by atoms with E-state index in [1.54, 1.807) is 0 Å². The molecule has 0 fully saturated rings. The number of hydrogen-bond acceptors (Lipinski definition) is 8. The van der Waals surface area contributed by atoms with Crippen molar-refractivity contribution >= 4 is 22.9 Å². The summed E-state index contributed by atoms with van der Waals surface area (Å²) in [7, 11) is 5.68. The second kappa shape index (κ2) is 8.80. The van der Waals surface area contributed by atoms with Crippen molar-refractivity contribution in [3.8, 4) is 11.5 Å². The van der Waals surface area contributed by atoms with Crippen molar-refractivity contribution in [2.45, 2.75) is 0 Å². The number of nitrogens with zero attached hydrogens (tertiary/aromatic N) is 2. The first-order valence-electron chi connectivity index (χ1n) is 10.4. The highest BCUT2D eigenvalue weighted by molar-refractivity contribution is 6.33. The summed E-state index contributed by atoms with van der Waals surface area (Å²) in [6.07, 6.45) is 0. The Labute approximate surface area is 194 Å². The van der Waals surface area contributed by atoms with Gasteiger partial charge in [-0.2, -0.15) is 8.78 Å². The molecule has 0 spiro atoms. The lowest BCUT2D eigenvalue weighted by molar-refractivity contribution is -0.838. The molecule has 10 nitrogen and oxygen atoms in total. The molecule has 4 N–H and O–H groups in total. The summed E-state index contributed by atoms with van der Waals surface area (Å²) < 4.78 is 26.9. The first kappa shape index (κ1) is 25.3. The maximum absolute atomic E-state index is 14.1. The van der Waals surface area contributed by atoms with E-state index in [9.17, 15) is 39.0 Å². The van der Waals surface area contributed by atoms with Crippen LogP contribution in [0.5, 0.6) is 11.5 Å². The molecule has 34 heavy (non-hydrogen) atoms. The quantitative estimate of drug-likeness (QED) is 0.218. The zero-order valence-electron chi connectivity index (χ0n) is 19.2. The van der Waals surface area contributed by atoms with Crippen LogP contribution < -0.4 is 10.6 Å². The van der Waals surface area contributed by atoms with Gasteiger partial charge in [0.2, 0.25) is 23.2 Å². The minimum atomic E-state index is -1.86. The number of nitrogens with one attached hydrogen (secondary N) is 2. The Balaban J connectivity index is 2.15. The average Bonchev–Trinajstić information content (AvgIpc) is 2.71. The minimum absolute atomic E-state index is 0.107. The van der Waals surface area contributed by atoms with Crippen molar-refractivity contribution in [2.24, 2.45) is 0 Å². The number of anilines is 2. The second-order valence-corrected chi connectivity index (χ2v) is 9.09. The number of benzene rings is 2. The number of likely N-dealkylation sites (N-methyl/N-ethyl adjacent to an activating group) is 2. The lowest BCUT2D eigenvalue weighted by Crippen LogP contribution is -2.37. The zero-order valence-corrected chi connectivity index (χ0v) is 19.2. The molecule has 3 rings (SSSR count). The molecular weight excluding hydrogens is 454 g/mol. The van der Waals surface area contributed by atoms with Gasteiger partial charge in [0.15, 0.2) is 11.5 Å². The number of rotatable bonds is 8. The van der Waals surface area contributed by atoms with Crippen molar-refractivity contribution < 1.29 is 37.9 Å². The van der Waals surface area contributed by atoms with Crippen LogP contribution in [-0.4, -0.2) is 85.4 Å².